The predicted molar refractivity (Wildman–Crippen MR) is 99.7 cm³/mol. The fourth-order valence-electron chi connectivity index (χ4n) is 2.79. The summed E-state index contributed by atoms with van der Waals surface area (Å²) in [5, 5.41) is 19.8. The van der Waals surface area contributed by atoms with Crippen LogP contribution in [-0.4, -0.2) is 33.6 Å². The van der Waals surface area contributed by atoms with Gasteiger partial charge in [-0.05, 0) is 32.3 Å². The minimum absolute atomic E-state index is 0.0615. The van der Waals surface area contributed by atoms with Gasteiger partial charge in [-0.25, -0.2) is 9.48 Å². The Morgan fingerprint density at radius 1 is 1.24 bits per heavy atom. The van der Waals surface area contributed by atoms with Crippen molar-refractivity contribution >= 4 is 11.8 Å². The van der Waals surface area contributed by atoms with Gasteiger partial charge in [0.1, 0.15) is 5.82 Å². The van der Waals surface area contributed by atoms with E-state index in [1.807, 2.05) is 35.0 Å². The maximum atomic E-state index is 12.3. The number of rotatable bonds is 8. The first kappa shape index (κ1) is 19.0. The molecular formula is C19H28N4O2. The van der Waals surface area contributed by atoms with E-state index >= 15 is 0 Å². The Morgan fingerprint density at radius 3 is 2.60 bits per heavy atom. The molecular weight excluding hydrogens is 316 g/mol. The molecule has 25 heavy (non-hydrogen) atoms. The van der Waals surface area contributed by atoms with Crippen LogP contribution in [0.1, 0.15) is 51.1 Å². The van der Waals surface area contributed by atoms with Crippen molar-refractivity contribution in [3.05, 3.63) is 48.2 Å². The third-order valence-corrected chi connectivity index (χ3v) is 4.33. The number of nitrogens with one attached hydrogen (secondary N) is 2. The van der Waals surface area contributed by atoms with Crippen molar-refractivity contribution in [2.24, 2.45) is 0 Å². The van der Waals surface area contributed by atoms with Gasteiger partial charge in [0.2, 0.25) is 0 Å². The number of benzene rings is 1. The highest BCUT2D eigenvalue weighted by Crippen LogP contribution is 2.21. The summed E-state index contributed by atoms with van der Waals surface area (Å²) in [6.07, 6.45) is 2.78. The van der Waals surface area contributed by atoms with Crippen LogP contribution in [0.5, 0.6) is 0 Å². The summed E-state index contributed by atoms with van der Waals surface area (Å²) in [5.74, 6) is 0.741. The number of hydrogen-bond donors (Lipinski definition) is 3. The molecule has 0 aliphatic heterocycles. The van der Waals surface area contributed by atoms with Crippen LogP contribution in [0.2, 0.25) is 0 Å². The number of aromatic nitrogens is 2. The van der Waals surface area contributed by atoms with Crippen LogP contribution < -0.4 is 10.6 Å². The summed E-state index contributed by atoms with van der Waals surface area (Å²) in [6.45, 7) is 6.36. The number of aliphatic hydroxyl groups is 1. The molecule has 1 aromatic carbocycles. The van der Waals surface area contributed by atoms with E-state index in [4.69, 9.17) is 0 Å². The van der Waals surface area contributed by atoms with Gasteiger partial charge in [0.15, 0.2) is 0 Å². The van der Waals surface area contributed by atoms with Gasteiger partial charge in [-0.1, -0.05) is 37.3 Å². The monoisotopic (exact) mass is 344 g/mol. The maximum absolute atomic E-state index is 12.3. The molecule has 6 nitrogen and oxygen atoms in total. The highest BCUT2D eigenvalue weighted by Gasteiger charge is 2.16. The summed E-state index contributed by atoms with van der Waals surface area (Å²) in [4.78, 5) is 12.3. The van der Waals surface area contributed by atoms with Crippen LogP contribution in [0.4, 0.5) is 10.6 Å². The average molecular weight is 344 g/mol. The first-order valence-electron chi connectivity index (χ1n) is 8.82. The third-order valence-electron chi connectivity index (χ3n) is 4.33. The van der Waals surface area contributed by atoms with Crippen LogP contribution in [0.15, 0.2) is 42.6 Å². The summed E-state index contributed by atoms with van der Waals surface area (Å²) < 4.78 is 1.81. The molecule has 1 aromatic heterocycles. The summed E-state index contributed by atoms with van der Waals surface area (Å²) in [5.41, 5.74) is 1.10. The second-order valence-electron chi connectivity index (χ2n) is 6.45. The predicted octanol–water partition coefficient (Wildman–Crippen LogP) is 3.53. The van der Waals surface area contributed by atoms with E-state index in [2.05, 4.69) is 29.6 Å². The van der Waals surface area contributed by atoms with Gasteiger partial charge < -0.3 is 10.4 Å². The van der Waals surface area contributed by atoms with E-state index in [0.29, 0.717) is 18.8 Å². The molecule has 2 rings (SSSR count). The lowest BCUT2D eigenvalue weighted by molar-refractivity contribution is 0.173. The largest absolute Gasteiger partial charge is 0.393 e. The fourth-order valence-corrected chi connectivity index (χ4v) is 2.79. The molecule has 0 bridgehead atoms. The molecule has 0 saturated carbocycles. The van der Waals surface area contributed by atoms with E-state index in [9.17, 15) is 9.90 Å². The van der Waals surface area contributed by atoms with Crippen molar-refractivity contribution < 1.29 is 9.90 Å². The zero-order chi connectivity index (χ0) is 18.2. The SMILES string of the molecule is CCC(C)n1nccc1NC(=O)NCC(CC(C)O)c1ccccc1. The number of carbonyl (C=O) groups excluding carboxylic acids is 1. The quantitative estimate of drug-likeness (QED) is 0.685. The standard InChI is InChI=1S/C19H28N4O2/c1-4-14(2)23-18(10-11-21-23)22-19(25)20-13-17(12-15(3)24)16-8-6-5-7-9-16/h5-11,14-15,17,24H,4,12-13H2,1-3H3,(H2,20,22,25). The van der Waals surface area contributed by atoms with Crippen LogP contribution in [0, 0.1) is 0 Å². The van der Waals surface area contributed by atoms with Crippen molar-refractivity contribution in [3.8, 4) is 0 Å². The Labute approximate surface area is 149 Å². The van der Waals surface area contributed by atoms with Crippen LogP contribution in [-0.2, 0) is 0 Å². The molecule has 1 heterocycles. The van der Waals surface area contributed by atoms with Gasteiger partial charge >= 0.3 is 6.03 Å². The van der Waals surface area contributed by atoms with E-state index < -0.39 is 6.10 Å². The summed E-state index contributed by atoms with van der Waals surface area (Å²) in [6, 6.07) is 11.7. The van der Waals surface area contributed by atoms with Crippen molar-refractivity contribution in [1.29, 1.82) is 0 Å². The second kappa shape index (κ2) is 9.22. The van der Waals surface area contributed by atoms with E-state index in [0.717, 1.165) is 12.0 Å². The lowest BCUT2D eigenvalue weighted by atomic mass is 9.93. The number of nitrogens with zero attached hydrogens (tertiary/aromatic N) is 2. The topological polar surface area (TPSA) is 79.2 Å². The Balaban J connectivity index is 1.96. The molecule has 3 atom stereocenters. The summed E-state index contributed by atoms with van der Waals surface area (Å²) >= 11 is 0. The van der Waals surface area contributed by atoms with E-state index in [1.54, 1.807) is 19.2 Å². The van der Waals surface area contributed by atoms with Gasteiger partial charge in [0.05, 0.1) is 18.3 Å². The smallest absolute Gasteiger partial charge is 0.320 e. The lowest BCUT2D eigenvalue weighted by Crippen LogP contribution is -2.34. The molecule has 2 amide bonds. The fraction of sp³-hybridized carbons (Fsp3) is 0.474. The minimum Gasteiger partial charge on any atom is -0.393 e. The van der Waals surface area contributed by atoms with Gasteiger partial charge in [0.25, 0.3) is 0 Å². The Kier molecular flexibility index (Phi) is 7.01. The zero-order valence-corrected chi connectivity index (χ0v) is 15.1. The number of hydrogen-bond acceptors (Lipinski definition) is 3. The van der Waals surface area contributed by atoms with E-state index in [1.165, 1.54) is 0 Å². The second-order valence-corrected chi connectivity index (χ2v) is 6.45. The molecule has 0 spiro atoms. The lowest BCUT2D eigenvalue weighted by Gasteiger charge is -2.20. The molecule has 3 unspecified atom stereocenters. The number of carbonyl (C=O) groups is 1. The molecule has 0 radical (unpaired) electrons. The molecule has 136 valence electrons. The van der Waals surface area contributed by atoms with Crippen molar-refractivity contribution in [3.63, 3.8) is 0 Å². The maximum Gasteiger partial charge on any atom is 0.320 e. The van der Waals surface area contributed by atoms with Gasteiger partial charge in [0, 0.05) is 18.5 Å². The highest BCUT2D eigenvalue weighted by molar-refractivity contribution is 5.88. The third kappa shape index (κ3) is 5.60. The van der Waals surface area contributed by atoms with Gasteiger partial charge in [-0.2, -0.15) is 5.10 Å². The molecule has 0 aliphatic rings. The molecule has 0 saturated heterocycles. The number of urea groups is 1. The number of aliphatic hydroxyl groups excluding tert-OH is 1. The van der Waals surface area contributed by atoms with Gasteiger partial charge in [-0.3, -0.25) is 5.32 Å². The normalized spacial score (nSPS) is 14.6. The molecule has 6 heteroatoms. The average Bonchev–Trinajstić information content (AvgIpc) is 3.06. The molecule has 3 N–H and O–H groups in total. The van der Waals surface area contributed by atoms with Crippen molar-refractivity contribution in [2.45, 2.75) is 51.7 Å². The summed E-state index contributed by atoms with van der Waals surface area (Å²) in [7, 11) is 0. The number of anilines is 1. The minimum atomic E-state index is -0.429. The van der Waals surface area contributed by atoms with Crippen molar-refractivity contribution in [1.82, 2.24) is 15.1 Å². The van der Waals surface area contributed by atoms with Crippen LogP contribution >= 0.6 is 0 Å². The zero-order valence-electron chi connectivity index (χ0n) is 15.1. The Hall–Kier alpha value is -2.34. The van der Waals surface area contributed by atoms with E-state index in [-0.39, 0.29) is 18.0 Å². The first-order valence-corrected chi connectivity index (χ1v) is 8.82. The number of amides is 2. The molecule has 0 aliphatic carbocycles. The Morgan fingerprint density at radius 2 is 1.96 bits per heavy atom. The van der Waals surface area contributed by atoms with Crippen LogP contribution in [0.3, 0.4) is 0 Å². The molecule has 0 fully saturated rings. The van der Waals surface area contributed by atoms with Crippen LogP contribution in [0.25, 0.3) is 0 Å². The molecule has 2 aromatic rings. The van der Waals surface area contributed by atoms with Gasteiger partial charge in [-0.15, -0.1) is 0 Å². The highest BCUT2D eigenvalue weighted by atomic mass is 16.3. The Bertz CT molecular complexity index is 654. The first-order chi connectivity index (χ1) is 12.0. The van der Waals surface area contributed by atoms with Crippen molar-refractivity contribution in [2.75, 3.05) is 11.9 Å².